The van der Waals surface area contributed by atoms with Crippen LogP contribution in [0.3, 0.4) is 0 Å². The highest BCUT2D eigenvalue weighted by atomic mass is 16.5. The van der Waals surface area contributed by atoms with Crippen LogP contribution in [0.15, 0.2) is 4.52 Å². The van der Waals surface area contributed by atoms with E-state index < -0.39 is 6.10 Å². The van der Waals surface area contributed by atoms with Gasteiger partial charge in [0.15, 0.2) is 5.82 Å². The predicted octanol–water partition coefficient (Wildman–Crippen LogP) is 1.13. The summed E-state index contributed by atoms with van der Waals surface area (Å²) in [5.74, 6) is 1.69. The number of rotatable bonds is 4. The smallest absolute Gasteiger partial charge is 0.229 e. The van der Waals surface area contributed by atoms with Crippen LogP contribution in [-0.2, 0) is 11.2 Å². The van der Waals surface area contributed by atoms with Crippen LogP contribution in [-0.4, -0.2) is 34.6 Å². The van der Waals surface area contributed by atoms with Gasteiger partial charge < -0.3 is 14.4 Å². The minimum Gasteiger partial charge on any atom is -0.392 e. The third-order valence-electron chi connectivity index (χ3n) is 2.93. The van der Waals surface area contributed by atoms with E-state index in [0.29, 0.717) is 24.7 Å². The Hall–Kier alpha value is -0.940. The molecular weight excluding hydrogens is 208 g/mol. The molecule has 2 unspecified atom stereocenters. The van der Waals surface area contributed by atoms with Gasteiger partial charge in [0.05, 0.1) is 19.1 Å². The molecule has 0 aliphatic carbocycles. The lowest BCUT2D eigenvalue weighted by atomic mass is 10.0. The van der Waals surface area contributed by atoms with Crippen molar-refractivity contribution in [1.29, 1.82) is 0 Å². The summed E-state index contributed by atoms with van der Waals surface area (Å²) >= 11 is 0. The second-order valence-electron chi connectivity index (χ2n) is 4.62. The van der Waals surface area contributed by atoms with Gasteiger partial charge >= 0.3 is 0 Å². The molecule has 2 heterocycles. The number of ether oxygens (including phenoxy) is 1. The van der Waals surface area contributed by atoms with Gasteiger partial charge in [-0.25, -0.2) is 0 Å². The molecule has 5 heteroatoms. The van der Waals surface area contributed by atoms with Crippen molar-refractivity contribution in [3.63, 3.8) is 0 Å². The number of aromatic nitrogens is 2. The van der Waals surface area contributed by atoms with E-state index in [4.69, 9.17) is 9.26 Å². The molecule has 1 aromatic heterocycles. The molecule has 90 valence electrons. The number of aliphatic hydroxyl groups excluding tert-OH is 1. The summed E-state index contributed by atoms with van der Waals surface area (Å²) < 4.78 is 10.4. The van der Waals surface area contributed by atoms with Crippen LogP contribution in [0.1, 0.15) is 37.9 Å². The van der Waals surface area contributed by atoms with E-state index in [9.17, 15) is 5.11 Å². The number of aliphatic hydroxyl groups is 1. The second kappa shape index (κ2) is 4.93. The lowest BCUT2D eigenvalue weighted by Gasteiger charge is -2.10. The molecule has 2 rings (SSSR count). The highest BCUT2D eigenvalue weighted by Gasteiger charge is 2.24. The predicted molar refractivity (Wildman–Crippen MR) is 57.0 cm³/mol. The minimum absolute atomic E-state index is 0.199. The van der Waals surface area contributed by atoms with Crippen LogP contribution in [0.2, 0.25) is 0 Å². The molecule has 1 aliphatic heterocycles. The van der Waals surface area contributed by atoms with E-state index in [1.807, 2.05) is 13.8 Å². The van der Waals surface area contributed by atoms with Crippen LogP contribution >= 0.6 is 0 Å². The molecular formula is C11H18N2O3. The Morgan fingerprint density at radius 2 is 2.31 bits per heavy atom. The first-order valence-electron chi connectivity index (χ1n) is 5.75. The van der Waals surface area contributed by atoms with Crippen molar-refractivity contribution in [3.8, 4) is 0 Å². The number of nitrogens with zero attached hydrogens (tertiary/aromatic N) is 2. The number of hydrogen-bond acceptors (Lipinski definition) is 5. The van der Waals surface area contributed by atoms with Crippen molar-refractivity contribution in [1.82, 2.24) is 10.1 Å². The van der Waals surface area contributed by atoms with E-state index in [2.05, 4.69) is 10.1 Å². The van der Waals surface area contributed by atoms with Gasteiger partial charge in [-0.15, -0.1) is 0 Å². The fraction of sp³-hybridized carbons (Fsp3) is 0.818. The fourth-order valence-corrected chi connectivity index (χ4v) is 1.67. The summed E-state index contributed by atoms with van der Waals surface area (Å²) in [7, 11) is 0. The largest absolute Gasteiger partial charge is 0.392 e. The van der Waals surface area contributed by atoms with E-state index in [1.54, 1.807) is 0 Å². The Balaban J connectivity index is 1.96. The molecule has 1 saturated heterocycles. The SMILES string of the molecule is CC(C)C(O)Cc1nc(C2CCOC2)no1. The fourth-order valence-electron chi connectivity index (χ4n) is 1.67. The van der Waals surface area contributed by atoms with Gasteiger partial charge in [-0.05, 0) is 12.3 Å². The lowest BCUT2D eigenvalue weighted by Crippen LogP contribution is -2.17. The van der Waals surface area contributed by atoms with Gasteiger partial charge in [0.25, 0.3) is 0 Å². The van der Waals surface area contributed by atoms with Crippen LogP contribution in [0.4, 0.5) is 0 Å². The van der Waals surface area contributed by atoms with Crippen LogP contribution in [0.5, 0.6) is 0 Å². The average Bonchev–Trinajstić information content (AvgIpc) is 2.85. The van der Waals surface area contributed by atoms with Crippen molar-refractivity contribution in [3.05, 3.63) is 11.7 Å². The molecule has 1 fully saturated rings. The van der Waals surface area contributed by atoms with Gasteiger partial charge in [0.1, 0.15) is 0 Å². The third-order valence-corrected chi connectivity index (χ3v) is 2.93. The number of hydrogen-bond donors (Lipinski definition) is 1. The summed E-state index contributed by atoms with van der Waals surface area (Å²) in [5.41, 5.74) is 0. The van der Waals surface area contributed by atoms with Crippen molar-refractivity contribution in [2.45, 2.75) is 38.7 Å². The molecule has 1 N–H and O–H groups in total. The third kappa shape index (κ3) is 2.59. The maximum atomic E-state index is 9.70. The van der Waals surface area contributed by atoms with E-state index in [-0.39, 0.29) is 11.8 Å². The Bertz CT molecular complexity index is 332. The highest BCUT2D eigenvalue weighted by Crippen LogP contribution is 2.22. The molecule has 0 aromatic carbocycles. The van der Waals surface area contributed by atoms with Crippen molar-refractivity contribution < 1.29 is 14.4 Å². The Labute approximate surface area is 94.8 Å². The van der Waals surface area contributed by atoms with Gasteiger partial charge in [-0.1, -0.05) is 19.0 Å². The van der Waals surface area contributed by atoms with E-state index in [0.717, 1.165) is 13.0 Å². The van der Waals surface area contributed by atoms with Crippen LogP contribution in [0.25, 0.3) is 0 Å². The summed E-state index contributed by atoms with van der Waals surface area (Å²) in [5, 5.41) is 13.6. The van der Waals surface area contributed by atoms with Gasteiger partial charge in [-0.3, -0.25) is 0 Å². The topological polar surface area (TPSA) is 68.4 Å². The summed E-state index contributed by atoms with van der Waals surface area (Å²) in [4.78, 5) is 4.30. The first-order valence-corrected chi connectivity index (χ1v) is 5.75. The first kappa shape index (κ1) is 11.5. The maximum absolute atomic E-state index is 9.70. The molecule has 0 bridgehead atoms. The molecule has 16 heavy (non-hydrogen) atoms. The maximum Gasteiger partial charge on any atom is 0.229 e. The van der Waals surface area contributed by atoms with Crippen molar-refractivity contribution >= 4 is 0 Å². The molecule has 0 amide bonds. The van der Waals surface area contributed by atoms with Gasteiger partial charge in [0.2, 0.25) is 5.89 Å². The lowest BCUT2D eigenvalue weighted by molar-refractivity contribution is 0.116. The van der Waals surface area contributed by atoms with Crippen LogP contribution in [0, 0.1) is 5.92 Å². The molecule has 1 aliphatic rings. The zero-order valence-electron chi connectivity index (χ0n) is 9.72. The second-order valence-corrected chi connectivity index (χ2v) is 4.62. The molecule has 1 aromatic rings. The summed E-state index contributed by atoms with van der Waals surface area (Å²) in [6, 6.07) is 0. The minimum atomic E-state index is -0.423. The standard InChI is InChI=1S/C11H18N2O3/c1-7(2)9(14)5-10-12-11(13-16-10)8-3-4-15-6-8/h7-9,14H,3-6H2,1-2H3. The molecule has 0 radical (unpaired) electrons. The van der Waals surface area contributed by atoms with E-state index >= 15 is 0 Å². The Morgan fingerprint density at radius 3 is 2.94 bits per heavy atom. The van der Waals surface area contributed by atoms with Gasteiger partial charge in [0, 0.05) is 12.5 Å². The molecule has 0 saturated carbocycles. The zero-order valence-corrected chi connectivity index (χ0v) is 9.72. The Morgan fingerprint density at radius 1 is 1.50 bits per heavy atom. The van der Waals surface area contributed by atoms with E-state index in [1.165, 1.54) is 0 Å². The average molecular weight is 226 g/mol. The molecule has 0 spiro atoms. The molecule has 2 atom stereocenters. The summed E-state index contributed by atoms with van der Waals surface area (Å²) in [6.07, 6.45) is 0.956. The van der Waals surface area contributed by atoms with Crippen LogP contribution < -0.4 is 0 Å². The monoisotopic (exact) mass is 226 g/mol. The van der Waals surface area contributed by atoms with Gasteiger partial charge in [-0.2, -0.15) is 4.98 Å². The molecule has 5 nitrogen and oxygen atoms in total. The highest BCUT2D eigenvalue weighted by molar-refractivity contribution is 4.98. The normalized spacial score (nSPS) is 22.9. The van der Waals surface area contributed by atoms with Crippen molar-refractivity contribution in [2.24, 2.45) is 5.92 Å². The Kier molecular flexibility index (Phi) is 3.56. The zero-order chi connectivity index (χ0) is 11.5. The quantitative estimate of drug-likeness (QED) is 0.833. The summed E-state index contributed by atoms with van der Waals surface area (Å²) in [6.45, 7) is 5.37. The van der Waals surface area contributed by atoms with Crippen molar-refractivity contribution in [2.75, 3.05) is 13.2 Å². The first-order chi connectivity index (χ1) is 7.66.